The first-order chi connectivity index (χ1) is 10.5. The molecule has 1 saturated carbocycles. The monoisotopic (exact) mass is 299 g/mol. The fourth-order valence-corrected chi connectivity index (χ4v) is 2.83. The lowest BCUT2D eigenvalue weighted by Gasteiger charge is -2.14. The van der Waals surface area contributed by atoms with Gasteiger partial charge in [-0.15, -0.1) is 0 Å². The maximum atomic E-state index is 12.4. The van der Waals surface area contributed by atoms with Gasteiger partial charge < -0.3 is 14.8 Å². The standard InChI is InChI=1S/C18H21NO3/c1-10(2)12-9-15(11(3)7-16(12)20)19-18(21)14-8-13(14)17-5-4-6-22-17/h4-7,9-10,13-14,20H,8H2,1-3H3,(H,19,21)/t13-,14+/m0/s1. The molecule has 0 radical (unpaired) electrons. The van der Waals surface area contributed by atoms with Gasteiger partial charge in [-0.2, -0.15) is 0 Å². The van der Waals surface area contributed by atoms with Gasteiger partial charge in [0.05, 0.1) is 6.26 Å². The van der Waals surface area contributed by atoms with E-state index >= 15 is 0 Å². The van der Waals surface area contributed by atoms with Crippen molar-refractivity contribution in [2.24, 2.45) is 5.92 Å². The number of furan rings is 1. The van der Waals surface area contributed by atoms with Crippen molar-refractivity contribution in [2.45, 2.75) is 39.0 Å². The quantitative estimate of drug-likeness (QED) is 0.833. The number of amides is 1. The molecule has 1 aromatic heterocycles. The van der Waals surface area contributed by atoms with Crippen molar-refractivity contribution in [3.63, 3.8) is 0 Å². The van der Waals surface area contributed by atoms with E-state index in [1.807, 2.05) is 39.0 Å². The number of aromatic hydroxyl groups is 1. The van der Waals surface area contributed by atoms with Crippen molar-refractivity contribution in [3.8, 4) is 5.75 Å². The van der Waals surface area contributed by atoms with Crippen molar-refractivity contribution in [3.05, 3.63) is 47.4 Å². The Bertz CT molecular complexity index is 689. The van der Waals surface area contributed by atoms with E-state index in [0.29, 0.717) is 0 Å². The van der Waals surface area contributed by atoms with E-state index in [1.165, 1.54) is 0 Å². The smallest absolute Gasteiger partial charge is 0.228 e. The molecular formula is C18H21NO3. The van der Waals surface area contributed by atoms with Crippen LogP contribution in [0.25, 0.3) is 0 Å². The molecule has 2 atom stereocenters. The molecule has 4 heteroatoms. The van der Waals surface area contributed by atoms with Crippen LogP contribution >= 0.6 is 0 Å². The zero-order valence-corrected chi connectivity index (χ0v) is 13.1. The van der Waals surface area contributed by atoms with E-state index in [-0.39, 0.29) is 29.4 Å². The van der Waals surface area contributed by atoms with Crippen LogP contribution in [0.5, 0.6) is 5.75 Å². The molecular weight excluding hydrogens is 278 g/mol. The number of benzene rings is 1. The Balaban J connectivity index is 1.74. The van der Waals surface area contributed by atoms with E-state index in [1.54, 1.807) is 12.3 Å². The summed E-state index contributed by atoms with van der Waals surface area (Å²) in [5.74, 6) is 1.55. The second kappa shape index (κ2) is 5.52. The zero-order valence-electron chi connectivity index (χ0n) is 13.1. The molecule has 1 aromatic carbocycles. The number of aryl methyl sites for hydroxylation is 1. The minimum Gasteiger partial charge on any atom is -0.508 e. The Kier molecular flexibility index (Phi) is 3.69. The van der Waals surface area contributed by atoms with E-state index in [2.05, 4.69) is 5.32 Å². The summed E-state index contributed by atoms with van der Waals surface area (Å²) >= 11 is 0. The molecule has 1 aliphatic rings. The fraction of sp³-hybridized carbons (Fsp3) is 0.389. The van der Waals surface area contributed by atoms with Gasteiger partial charge in [0.1, 0.15) is 11.5 Å². The van der Waals surface area contributed by atoms with Crippen molar-refractivity contribution >= 4 is 11.6 Å². The number of hydrogen-bond donors (Lipinski definition) is 2. The van der Waals surface area contributed by atoms with Crippen LogP contribution in [0.1, 0.15) is 49.0 Å². The second-order valence-corrected chi connectivity index (χ2v) is 6.33. The molecule has 3 rings (SSSR count). The minimum absolute atomic E-state index is 0.0184. The van der Waals surface area contributed by atoms with Crippen LogP contribution in [0, 0.1) is 12.8 Å². The molecule has 0 spiro atoms. The van der Waals surface area contributed by atoms with Gasteiger partial charge in [0.25, 0.3) is 0 Å². The fourth-order valence-electron chi connectivity index (χ4n) is 2.83. The van der Waals surface area contributed by atoms with Gasteiger partial charge in [-0.25, -0.2) is 0 Å². The average molecular weight is 299 g/mol. The van der Waals surface area contributed by atoms with Crippen molar-refractivity contribution in [1.82, 2.24) is 0 Å². The predicted octanol–water partition coefficient (Wildman–Crippen LogP) is 4.16. The first-order valence-corrected chi connectivity index (χ1v) is 7.65. The third kappa shape index (κ3) is 2.73. The molecule has 2 N–H and O–H groups in total. The number of phenolic OH excluding ortho intramolecular Hbond substituents is 1. The summed E-state index contributed by atoms with van der Waals surface area (Å²) in [5, 5.41) is 13.0. The van der Waals surface area contributed by atoms with Crippen LogP contribution in [-0.4, -0.2) is 11.0 Å². The van der Waals surface area contributed by atoms with E-state index in [0.717, 1.165) is 29.0 Å². The van der Waals surface area contributed by atoms with Gasteiger partial charge in [-0.1, -0.05) is 13.8 Å². The summed E-state index contributed by atoms with van der Waals surface area (Å²) in [5.41, 5.74) is 2.49. The molecule has 0 unspecified atom stereocenters. The number of hydrogen-bond acceptors (Lipinski definition) is 3. The Hall–Kier alpha value is -2.23. The number of nitrogens with one attached hydrogen (secondary N) is 1. The molecule has 22 heavy (non-hydrogen) atoms. The van der Waals surface area contributed by atoms with Gasteiger partial charge in [-0.05, 0) is 54.7 Å². The molecule has 116 valence electrons. The normalized spacial score (nSPS) is 20.2. The largest absolute Gasteiger partial charge is 0.508 e. The summed E-state index contributed by atoms with van der Waals surface area (Å²) in [6.07, 6.45) is 2.47. The Morgan fingerprint density at radius 1 is 1.41 bits per heavy atom. The van der Waals surface area contributed by atoms with E-state index in [9.17, 15) is 9.90 Å². The minimum atomic E-state index is -0.0261. The van der Waals surface area contributed by atoms with Crippen molar-refractivity contribution in [1.29, 1.82) is 0 Å². The number of carbonyl (C=O) groups excluding carboxylic acids is 1. The predicted molar refractivity (Wildman–Crippen MR) is 85.1 cm³/mol. The van der Waals surface area contributed by atoms with E-state index < -0.39 is 0 Å². The highest BCUT2D eigenvalue weighted by molar-refractivity contribution is 5.96. The van der Waals surface area contributed by atoms with Crippen LogP contribution < -0.4 is 5.32 Å². The van der Waals surface area contributed by atoms with E-state index in [4.69, 9.17) is 4.42 Å². The topological polar surface area (TPSA) is 62.5 Å². The third-order valence-electron chi connectivity index (χ3n) is 4.29. The number of carbonyl (C=O) groups is 1. The highest BCUT2D eigenvalue weighted by Gasteiger charge is 2.45. The first-order valence-electron chi connectivity index (χ1n) is 7.65. The maximum absolute atomic E-state index is 12.4. The third-order valence-corrected chi connectivity index (χ3v) is 4.29. The highest BCUT2D eigenvalue weighted by atomic mass is 16.3. The molecule has 1 amide bonds. The van der Waals surface area contributed by atoms with Gasteiger partial charge in [-0.3, -0.25) is 4.79 Å². The molecule has 0 aliphatic heterocycles. The molecule has 2 aromatic rings. The van der Waals surface area contributed by atoms with Gasteiger partial charge >= 0.3 is 0 Å². The van der Waals surface area contributed by atoms with Gasteiger partial charge in [0, 0.05) is 17.5 Å². The van der Waals surface area contributed by atoms with Crippen molar-refractivity contribution < 1.29 is 14.3 Å². The second-order valence-electron chi connectivity index (χ2n) is 6.33. The number of phenols is 1. The summed E-state index contributed by atoms with van der Waals surface area (Å²) in [6, 6.07) is 7.35. The Morgan fingerprint density at radius 3 is 2.82 bits per heavy atom. The Labute approximate surface area is 130 Å². The molecule has 0 saturated heterocycles. The maximum Gasteiger partial charge on any atom is 0.228 e. The zero-order chi connectivity index (χ0) is 15.9. The van der Waals surface area contributed by atoms with Crippen LogP contribution in [0.15, 0.2) is 34.9 Å². The lowest BCUT2D eigenvalue weighted by molar-refractivity contribution is -0.117. The SMILES string of the molecule is Cc1cc(O)c(C(C)C)cc1NC(=O)[C@@H]1C[C@@H]1c1ccco1. The van der Waals surface area contributed by atoms with Crippen LogP contribution in [0.4, 0.5) is 5.69 Å². The average Bonchev–Trinajstić information content (AvgIpc) is 3.07. The Morgan fingerprint density at radius 2 is 2.18 bits per heavy atom. The first kappa shape index (κ1) is 14.7. The van der Waals surface area contributed by atoms with Gasteiger partial charge in [0.15, 0.2) is 0 Å². The summed E-state index contributed by atoms with van der Waals surface area (Å²) in [6.45, 7) is 5.92. The lowest BCUT2D eigenvalue weighted by Crippen LogP contribution is -2.15. The molecule has 4 nitrogen and oxygen atoms in total. The highest BCUT2D eigenvalue weighted by Crippen LogP contribution is 2.48. The summed E-state index contributed by atoms with van der Waals surface area (Å²) < 4.78 is 5.37. The molecule has 1 aliphatic carbocycles. The van der Waals surface area contributed by atoms with Crippen LogP contribution in [0.2, 0.25) is 0 Å². The molecule has 0 bridgehead atoms. The molecule has 1 fully saturated rings. The van der Waals surface area contributed by atoms with Crippen LogP contribution in [0.3, 0.4) is 0 Å². The number of anilines is 1. The lowest BCUT2D eigenvalue weighted by atomic mass is 9.99. The summed E-state index contributed by atoms with van der Waals surface area (Å²) in [7, 11) is 0. The van der Waals surface area contributed by atoms with Gasteiger partial charge in [0.2, 0.25) is 5.91 Å². The molecule has 1 heterocycles. The van der Waals surface area contributed by atoms with Crippen molar-refractivity contribution in [2.75, 3.05) is 5.32 Å². The van der Waals surface area contributed by atoms with Crippen LogP contribution in [-0.2, 0) is 4.79 Å². The number of rotatable bonds is 4. The summed E-state index contributed by atoms with van der Waals surface area (Å²) in [4.78, 5) is 12.4.